The second-order valence-corrected chi connectivity index (χ2v) is 4.87. The van der Waals surface area contributed by atoms with Crippen LogP contribution in [0.5, 0.6) is 0 Å². The maximum absolute atomic E-state index is 6.41. The van der Waals surface area contributed by atoms with Gasteiger partial charge in [0, 0.05) is 0 Å². The SMILES string of the molecule is CCc1cccc(C(N)c2cccc(C)c2C)c1. The Morgan fingerprint density at radius 3 is 2.50 bits per heavy atom. The molecule has 1 nitrogen and oxygen atoms in total. The van der Waals surface area contributed by atoms with E-state index < -0.39 is 0 Å². The molecule has 0 bridgehead atoms. The molecule has 2 aromatic carbocycles. The second kappa shape index (κ2) is 5.36. The number of nitrogens with two attached hydrogens (primary N) is 1. The Morgan fingerprint density at radius 2 is 1.78 bits per heavy atom. The van der Waals surface area contributed by atoms with E-state index in [0.717, 1.165) is 6.42 Å². The molecule has 2 N–H and O–H groups in total. The van der Waals surface area contributed by atoms with Gasteiger partial charge in [0.1, 0.15) is 0 Å². The predicted octanol–water partition coefficient (Wildman–Crippen LogP) is 3.91. The molecule has 0 heterocycles. The zero-order chi connectivity index (χ0) is 13.1. The van der Waals surface area contributed by atoms with Crippen LogP contribution in [-0.4, -0.2) is 0 Å². The smallest absolute Gasteiger partial charge is 0.0554 e. The third-order valence-corrected chi connectivity index (χ3v) is 3.70. The van der Waals surface area contributed by atoms with Crippen LogP contribution in [0.25, 0.3) is 0 Å². The van der Waals surface area contributed by atoms with Crippen LogP contribution in [0.4, 0.5) is 0 Å². The van der Waals surface area contributed by atoms with Crippen molar-refractivity contribution in [3.63, 3.8) is 0 Å². The molecule has 0 saturated heterocycles. The Bertz CT molecular complexity index is 543. The van der Waals surface area contributed by atoms with Gasteiger partial charge >= 0.3 is 0 Å². The minimum Gasteiger partial charge on any atom is -0.320 e. The molecular weight excluding hydrogens is 218 g/mol. The van der Waals surface area contributed by atoms with Crippen LogP contribution < -0.4 is 5.73 Å². The summed E-state index contributed by atoms with van der Waals surface area (Å²) in [7, 11) is 0. The molecule has 2 rings (SSSR count). The zero-order valence-electron chi connectivity index (χ0n) is 11.4. The molecule has 0 aliphatic carbocycles. The molecular formula is C17H21N. The predicted molar refractivity (Wildman–Crippen MR) is 77.8 cm³/mol. The lowest BCUT2D eigenvalue weighted by molar-refractivity contribution is 0.855. The van der Waals surface area contributed by atoms with Crippen molar-refractivity contribution in [1.82, 2.24) is 0 Å². The highest BCUT2D eigenvalue weighted by molar-refractivity contribution is 5.41. The topological polar surface area (TPSA) is 26.0 Å². The molecule has 2 aromatic rings. The van der Waals surface area contributed by atoms with Gasteiger partial charge in [-0.1, -0.05) is 49.4 Å². The van der Waals surface area contributed by atoms with Crippen LogP contribution in [0.3, 0.4) is 0 Å². The molecule has 1 heteroatoms. The number of rotatable bonds is 3. The molecule has 1 unspecified atom stereocenters. The van der Waals surface area contributed by atoms with Gasteiger partial charge in [0.05, 0.1) is 6.04 Å². The van der Waals surface area contributed by atoms with Crippen LogP contribution in [0.15, 0.2) is 42.5 Å². The number of benzene rings is 2. The third-order valence-electron chi connectivity index (χ3n) is 3.70. The lowest BCUT2D eigenvalue weighted by Crippen LogP contribution is -2.14. The van der Waals surface area contributed by atoms with E-state index >= 15 is 0 Å². The quantitative estimate of drug-likeness (QED) is 0.863. The van der Waals surface area contributed by atoms with Gasteiger partial charge in [-0.3, -0.25) is 0 Å². The van der Waals surface area contributed by atoms with Crippen molar-refractivity contribution >= 4 is 0 Å². The minimum absolute atomic E-state index is 0.0311. The molecule has 0 spiro atoms. The Kier molecular flexibility index (Phi) is 3.83. The highest BCUT2D eigenvalue weighted by Crippen LogP contribution is 2.25. The fourth-order valence-corrected chi connectivity index (χ4v) is 2.30. The summed E-state index contributed by atoms with van der Waals surface area (Å²) in [6, 6.07) is 14.9. The molecule has 0 aliphatic rings. The lowest BCUT2D eigenvalue weighted by Gasteiger charge is -2.17. The number of hydrogen-bond acceptors (Lipinski definition) is 1. The van der Waals surface area contributed by atoms with Gasteiger partial charge in [-0.05, 0) is 48.1 Å². The van der Waals surface area contributed by atoms with Crippen LogP contribution in [0.2, 0.25) is 0 Å². The molecule has 18 heavy (non-hydrogen) atoms. The maximum atomic E-state index is 6.41. The minimum atomic E-state index is -0.0311. The van der Waals surface area contributed by atoms with E-state index in [4.69, 9.17) is 5.73 Å². The monoisotopic (exact) mass is 239 g/mol. The Morgan fingerprint density at radius 1 is 1.06 bits per heavy atom. The largest absolute Gasteiger partial charge is 0.320 e. The normalized spacial score (nSPS) is 12.4. The molecule has 0 fully saturated rings. The van der Waals surface area contributed by atoms with Crippen molar-refractivity contribution in [2.75, 3.05) is 0 Å². The second-order valence-electron chi connectivity index (χ2n) is 4.87. The van der Waals surface area contributed by atoms with E-state index in [1.165, 1.54) is 27.8 Å². The molecule has 0 amide bonds. The van der Waals surface area contributed by atoms with E-state index in [1.54, 1.807) is 0 Å². The first-order valence-electron chi connectivity index (χ1n) is 6.54. The van der Waals surface area contributed by atoms with Crippen LogP contribution >= 0.6 is 0 Å². The van der Waals surface area contributed by atoms with Crippen LogP contribution in [-0.2, 0) is 6.42 Å². The highest BCUT2D eigenvalue weighted by atomic mass is 14.6. The third kappa shape index (κ3) is 2.46. The lowest BCUT2D eigenvalue weighted by atomic mass is 9.92. The summed E-state index contributed by atoms with van der Waals surface area (Å²) >= 11 is 0. The van der Waals surface area contributed by atoms with Crippen molar-refractivity contribution in [2.24, 2.45) is 5.73 Å². The van der Waals surface area contributed by atoms with E-state index in [-0.39, 0.29) is 6.04 Å². The van der Waals surface area contributed by atoms with Crippen molar-refractivity contribution in [3.05, 3.63) is 70.3 Å². The first-order valence-corrected chi connectivity index (χ1v) is 6.54. The molecule has 94 valence electrons. The summed E-state index contributed by atoms with van der Waals surface area (Å²) in [6.07, 6.45) is 1.05. The molecule has 0 saturated carbocycles. The van der Waals surface area contributed by atoms with Gasteiger partial charge in [-0.15, -0.1) is 0 Å². The molecule has 1 atom stereocenters. The van der Waals surface area contributed by atoms with E-state index in [9.17, 15) is 0 Å². The summed E-state index contributed by atoms with van der Waals surface area (Å²) in [5, 5.41) is 0. The number of hydrogen-bond donors (Lipinski definition) is 1. The fraction of sp³-hybridized carbons (Fsp3) is 0.294. The fourth-order valence-electron chi connectivity index (χ4n) is 2.30. The van der Waals surface area contributed by atoms with Gasteiger partial charge < -0.3 is 5.73 Å². The number of aryl methyl sites for hydroxylation is 2. The van der Waals surface area contributed by atoms with Gasteiger partial charge in [0.25, 0.3) is 0 Å². The Labute approximate surface area is 110 Å². The van der Waals surface area contributed by atoms with Crippen molar-refractivity contribution < 1.29 is 0 Å². The van der Waals surface area contributed by atoms with E-state index in [1.807, 2.05) is 0 Å². The Hall–Kier alpha value is -1.60. The van der Waals surface area contributed by atoms with Gasteiger partial charge in [0.15, 0.2) is 0 Å². The summed E-state index contributed by atoms with van der Waals surface area (Å²) in [6.45, 7) is 6.45. The first-order chi connectivity index (χ1) is 8.63. The van der Waals surface area contributed by atoms with Crippen LogP contribution in [0.1, 0.15) is 40.8 Å². The Balaban J connectivity index is 2.41. The van der Waals surface area contributed by atoms with Gasteiger partial charge in [0.2, 0.25) is 0 Å². The van der Waals surface area contributed by atoms with Crippen molar-refractivity contribution in [2.45, 2.75) is 33.2 Å². The summed E-state index contributed by atoms with van der Waals surface area (Å²) in [5.41, 5.74) is 12.8. The summed E-state index contributed by atoms with van der Waals surface area (Å²) < 4.78 is 0. The van der Waals surface area contributed by atoms with Crippen LogP contribution in [0, 0.1) is 13.8 Å². The summed E-state index contributed by atoms with van der Waals surface area (Å²) in [4.78, 5) is 0. The van der Waals surface area contributed by atoms with Gasteiger partial charge in [-0.25, -0.2) is 0 Å². The average molecular weight is 239 g/mol. The standard InChI is InChI=1S/C17H21N/c1-4-14-8-6-9-15(11-14)17(18)16-10-5-7-12(2)13(16)3/h5-11,17H,4,18H2,1-3H3. The maximum Gasteiger partial charge on any atom is 0.0554 e. The van der Waals surface area contributed by atoms with Gasteiger partial charge in [-0.2, -0.15) is 0 Å². The van der Waals surface area contributed by atoms with Crippen molar-refractivity contribution in [3.8, 4) is 0 Å². The van der Waals surface area contributed by atoms with E-state index in [2.05, 4.69) is 63.2 Å². The molecule has 0 aromatic heterocycles. The highest BCUT2D eigenvalue weighted by Gasteiger charge is 2.12. The first kappa shape index (κ1) is 12.8. The molecule has 0 aliphatic heterocycles. The van der Waals surface area contributed by atoms with Crippen molar-refractivity contribution in [1.29, 1.82) is 0 Å². The van der Waals surface area contributed by atoms with E-state index in [0.29, 0.717) is 0 Å². The average Bonchev–Trinajstić information content (AvgIpc) is 2.41. The summed E-state index contributed by atoms with van der Waals surface area (Å²) in [5.74, 6) is 0. The zero-order valence-corrected chi connectivity index (χ0v) is 11.4. The molecule has 0 radical (unpaired) electrons.